The standard InChI is InChI=1S/C15H18N10O2/c1-11-2-3-12(18-14(26)4-6-24-9-16-20-22-24)8-13(11)19-15(27)5-7-25-10-17-21-23-25/h2-3,8-10H,4-7H2,1H3,(H,18,26)(H,19,27). The molecule has 2 N–H and O–H groups in total. The molecule has 0 fully saturated rings. The van der Waals surface area contributed by atoms with Crippen LogP contribution in [-0.4, -0.2) is 52.2 Å². The summed E-state index contributed by atoms with van der Waals surface area (Å²) in [5, 5.41) is 27.1. The normalized spacial score (nSPS) is 10.6. The number of aryl methyl sites for hydroxylation is 3. The lowest BCUT2D eigenvalue weighted by Gasteiger charge is -2.11. The van der Waals surface area contributed by atoms with Crippen LogP contribution < -0.4 is 10.6 Å². The van der Waals surface area contributed by atoms with Crippen molar-refractivity contribution in [2.75, 3.05) is 10.6 Å². The molecule has 12 heteroatoms. The second-order valence-electron chi connectivity index (χ2n) is 5.77. The van der Waals surface area contributed by atoms with E-state index in [-0.39, 0.29) is 24.7 Å². The number of hydrogen-bond acceptors (Lipinski definition) is 8. The number of nitrogens with one attached hydrogen (secondary N) is 2. The van der Waals surface area contributed by atoms with Crippen LogP contribution in [0.15, 0.2) is 30.9 Å². The summed E-state index contributed by atoms with van der Waals surface area (Å²) >= 11 is 0. The minimum absolute atomic E-state index is 0.171. The van der Waals surface area contributed by atoms with E-state index in [4.69, 9.17) is 0 Å². The summed E-state index contributed by atoms with van der Waals surface area (Å²) in [5.74, 6) is -0.346. The summed E-state index contributed by atoms with van der Waals surface area (Å²) in [6, 6.07) is 5.33. The molecule has 0 saturated heterocycles. The van der Waals surface area contributed by atoms with Gasteiger partial charge in [0.2, 0.25) is 11.8 Å². The van der Waals surface area contributed by atoms with Crippen molar-refractivity contribution in [3.63, 3.8) is 0 Å². The van der Waals surface area contributed by atoms with Gasteiger partial charge in [-0.15, -0.1) is 10.2 Å². The number of carbonyl (C=O) groups is 2. The average molecular weight is 370 g/mol. The van der Waals surface area contributed by atoms with Crippen LogP contribution in [0.25, 0.3) is 0 Å². The second-order valence-corrected chi connectivity index (χ2v) is 5.77. The van der Waals surface area contributed by atoms with E-state index in [1.165, 1.54) is 22.0 Å². The van der Waals surface area contributed by atoms with Gasteiger partial charge >= 0.3 is 0 Å². The van der Waals surface area contributed by atoms with Gasteiger partial charge in [-0.3, -0.25) is 9.59 Å². The van der Waals surface area contributed by atoms with Gasteiger partial charge in [-0.1, -0.05) is 6.07 Å². The number of nitrogens with zero attached hydrogens (tertiary/aromatic N) is 8. The summed E-state index contributed by atoms with van der Waals surface area (Å²) in [6.07, 6.45) is 3.35. The molecule has 0 saturated carbocycles. The number of rotatable bonds is 8. The summed E-state index contributed by atoms with van der Waals surface area (Å²) < 4.78 is 2.96. The maximum atomic E-state index is 12.1. The lowest BCUT2D eigenvalue weighted by molar-refractivity contribution is -0.117. The number of benzene rings is 1. The Balaban J connectivity index is 1.53. The number of carbonyl (C=O) groups excluding carboxylic acids is 2. The van der Waals surface area contributed by atoms with E-state index < -0.39 is 0 Å². The smallest absolute Gasteiger partial charge is 0.226 e. The molecule has 140 valence electrons. The monoisotopic (exact) mass is 370 g/mol. The van der Waals surface area contributed by atoms with Crippen molar-refractivity contribution in [3.05, 3.63) is 36.4 Å². The molecule has 1 aromatic carbocycles. The van der Waals surface area contributed by atoms with E-state index in [1.807, 2.05) is 13.0 Å². The van der Waals surface area contributed by atoms with Crippen molar-refractivity contribution in [3.8, 4) is 0 Å². The Morgan fingerprint density at radius 1 is 0.926 bits per heavy atom. The van der Waals surface area contributed by atoms with Crippen LogP contribution in [0.4, 0.5) is 11.4 Å². The molecule has 0 atom stereocenters. The van der Waals surface area contributed by atoms with Gasteiger partial charge in [0.25, 0.3) is 0 Å². The molecule has 0 radical (unpaired) electrons. The lowest BCUT2D eigenvalue weighted by Crippen LogP contribution is -2.17. The Bertz CT molecular complexity index is 891. The molecule has 3 aromatic rings. The third-order valence-electron chi connectivity index (χ3n) is 3.71. The molecule has 2 aromatic heterocycles. The number of anilines is 2. The number of aromatic nitrogens is 8. The van der Waals surface area contributed by atoms with Gasteiger partial charge in [0.15, 0.2) is 0 Å². The van der Waals surface area contributed by atoms with Crippen LogP contribution in [0.3, 0.4) is 0 Å². The maximum absolute atomic E-state index is 12.1. The fourth-order valence-corrected chi connectivity index (χ4v) is 2.27. The highest BCUT2D eigenvalue weighted by Crippen LogP contribution is 2.20. The third-order valence-corrected chi connectivity index (χ3v) is 3.71. The van der Waals surface area contributed by atoms with Crippen molar-refractivity contribution in [2.45, 2.75) is 32.9 Å². The molecular weight excluding hydrogens is 352 g/mol. The molecule has 12 nitrogen and oxygen atoms in total. The zero-order chi connectivity index (χ0) is 19.1. The zero-order valence-electron chi connectivity index (χ0n) is 14.6. The minimum atomic E-state index is -0.176. The van der Waals surface area contributed by atoms with Crippen molar-refractivity contribution in [2.24, 2.45) is 0 Å². The van der Waals surface area contributed by atoms with Gasteiger partial charge in [0, 0.05) is 24.2 Å². The van der Waals surface area contributed by atoms with E-state index in [1.54, 1.807) is 12.1 Å². The predicted molar refractivity (Wildman–Crippen MR) is 93.3 cm³/mol. The minimum Gasteiger partial charge on any atom is -0.326 e. The Kier molecular flexibility index (Phi) is 5.77. The van der Waals surface area contributed by atoms with Crippen LogP contribution in [0.1, 0.15) is 18.4 Å². The molecule has 0 spiro atoms. The molecular formula is C15H18N10O2. The summed E-state index contributed by atoms with van der Waals surface area (Å²) in [5.41, 5.74) is 2.12. The van der Waals surface area contributed by atoms with Crippen molar-refractivity contribution in [1.29, 1.82) is 0 Å². The Hall–Kier alpha value is -3.70. The molecule has 3 rings (SSSR count). The van der Waals surface area contributed by atoms with Crippen molar-refractivity contribution in [1.82, 2.24) is 40.4 Å². The molecule has 2 amide bonds. The Morgan fingerprint density at radius 2 is 1.52 bits per heavy atom. The first kappa shape index (κ1) is 18.1. The van der Waals surface area contributed by atoms with E-state index in [2.05, 4.69) is 41.7 Å². The van der Waals surface area contributed by atoms with E-state index in [9.17, 15) is 9.59 Å². The average Bonchev–Trinajstić information content (AvgIpc) is 3.35. The highest BCUT2D eigenvalue weighted by Gasteiger charge is 2.09. The maximum Gasteiger partial charge on any atom is 0.226 e. The number of tetrazole rings is 2. The van der Waals surface area contributed by atoms with E-state index in [0.717, 1.165) is 5.56 Å². The van der Waals surface area contributed by atoms with Crippen LogP contribution in [0.2, 0.25) is 0 Å². The zero-order valence-corrected chi connectivity index (χ0v) is 14.6. The van der Waals surface area contributed by atoms with Gasteiger partial charge < -0.3 is 10.6 Å². The van der Waals surface area contributed by atoms with Crippen LogP contribution >= 0.6 is 0 Å². The third kappa shape index (κ3) is 5.39. The molecule has 0 aliphatic heterocycles. The quantitative estimate of drug-likeness (QED) is 0.564. The first-order valence-electron chi connectivity index (χ1n) is 8.22. The Morgan fingerprint density at radius 3 is 2.07 bits per heavy atom. The van der Waals surface area contributed by atoms with Crippen LogP contribution in [0.5, 0.6) is 0 Å². The highest BCUT2D eigenvalue weighted by molar-refractivity contribution is 5.94. The van der Waals surface area contributed by atoms with Crippen molar-refractivity contribution < 1.29 is 9.59 Å². The molecule has 0 aliphatic carbocycles. The first-order valence-corrected chi connectivity index (χ1v) is 8.22. The van der Waals surface area contributed by atoms with Crippen molar-refractivity contribution >= 4 is 23.2 Å². The SMILES string of the molecule is Cc1ccc(NC(=O)CCn2cnnn2)cc1NC(=O)CCn1cnnn1. The van der Waals surface area contributed by atoms with E-state index >= 15 is 0 Å². The fraction of sp³-hybridized carbons (Fsp3) is 0.333. The predicted octanol–water partition coefficient (Wildman–Crippen LogP) is 0.0256. The molecule has 2 heterocycles. The van der Waals surface area contributed by atoms with Gasteiger partial charge in [0.1, 0.15) is 12.7 Å². The first-order chi connectivity index (χ1) is 13.1. The van der Waals surface area contributed by atoms with Gasteiger partial charge in [-0.25, -0.2) is 9.36 Å². The van der Waals surface area contributed by atoms with E-state index in [0.29, 0.717) is 24.5 Å². The summed E-state index contributed by atoms with van der Waals surface area (Å²) in [4.78, 5) is 24.2. The molecule has 27 heavy (non-hydrogen) atoms. The molecule has 0 bridgehead atoms. The molecule has 0 aliphatic rings. The largest absolute Gasteiger partial charge is 0.326 e. The number of amides is 2. The topological polar surface area (TPSA) is 145 Å². The Labute approximate surface area is 153 Å². The number of hydrogen-bond donors (Lipinski definition) is 2. The summed E-state index contributed by atoms with van der Waals surface area (Å²) in [7, 11) is 0. The second kappa shape index (κ2) is 8.60. The summed E-state index contributed by atoms with van der Waals surface area (Å²) in [6.45, 7) is 2.64. The van der Waals surface area contributed by atoms with Gasteiger partial charge in [0.05, 0.1) is 13.1 Å². The fourth-order valence-electron chi connectivity index (χ4n) is 2.27. The highest BCUT2D eigenvalue weighted by atomic mass is 16.2. The van der Waals surface area contributed by atoms with Crippen LogP contribution in [0, 0.1) is 6.92 Å². The lowest BCUT2D eigenvalue weighted by atomic mass is 10.1. The van der Waals surface area contributed by atoms with Gasteiger partial charge in [-0.05, 0) is 45.5 Å². The van der Waals surface area contributed by atoms with Gasteiger partial charge in [-0.2, -0.15) is 0 Å². The molecule has 0 unspecified atom stereocenters. The van der Waals surface area contributed by atoms with Crippen LogP contribution in [-0.2, 0) is 22.7 Å².